The van der Waals surface area contributed by atoms with Crippen molar-refractivity contribution in [1.29, 1.82) is 0 Å². The van der Waals surface area contributed by atoms with E-state index < -0.39 is 11.9 Å². The van der Waals surface area contributed by atoms with E-state index >= 15 is 0 Å². The summed E-state index contributed by atoms with van der Waals surface area (Å²) in [5.74, 6) is 1.04. The molecular weight excluding hydrogens is 582 g/mol. The average Bonchev–Trinajstić information content (AvgIpc) is 3.52. The van der Waals surface area contributed by atoms with E-state index in [1.165, 1.54) is 0 Å². The van der Waals surface area contributed by atoms with Gasteiger partial charge in [-0.05, 0) is 40.7 Å². The molecule has 0 radical (unpaired) electrons. The Morgan fingerprint density at radius 3 is 1.73 bits per heavy atom. The van der Waals surface area contributed by atoms with Crippen LogP contribution in [0.2, 0.25) is 0 Å². The summed E-state index contributed by atoms with van der Waals surface area (Å²) in [5.41, 5.74) is 14.3. The molecular formula is C31H35N7O7. The zero-order chi connectivity index (χ0) is 32.4. The maximum atomic E-state index is 12.6. The number of rotatable bonds is 11. The van der Waals surface area contributed by atoms with Gasteiger partial charge in [-0.15, -0.1) is 0 Å². The fraction of sp³-hybridized carbons (Fsp3) is 0.355. The topological polar surface area (TPSA) is 195 Å². The lowest BCUT2D eigenvalue weighted by Crippen LogP contribution is -2.28. The molecule has 4 N–H and O–H groups in total. The van der Waals surface area contributed by atoms with Crippen LogP contribution in [0, 0.1) is 13.8 Å². The molecule has 236 valence electrons. The molecule has 1 unspecified atom stereocenters. The van der Waals surface area contributed by atoms with Crippen LogP contribution in [0.3, 0.4) is 0 Å². The number of anilines is 2. The van der Waals surface area contributed by atoms with Crippen LogP contribution in [0.25, 0.3) is 22.2 Å². The molecule has 0 saturated carbocycles. The summed E-state index contributed by atoms with van der Waals surface area (Å²) >= 11 is 0. The van der Waals surface area contributed by atoms with Crippen molar-refractivity contribution in [2.24, 2.45) is 0 Å². The Bertz CT molecular complexity index is 1790. The zero-order valence-corrected chi connectivity index (χ0v) is 26.0. The van der Waals surface area contributed by atoms with Crippen molar-refractivity contribution in [2.45, 2.75) is 53.8 Å². The van der Waals surface area contributed by atoms with Crippen LogP contribution >= 0.6 is 0 Å². The number of nitrogens with two attached hydrogens (primary N) is 2. The van der Waals surface area contributed by atoms with E-state index in [9.17, 15) is 9.59 Å². The standard InChI is InChI=1S/C31H35N7O7/c1-7-42-30(39)22-16(4)44-28-24(22)26(32)34-20(36-28)13-38(15(3)18-11-9-10-12-19(18)41-6)14-21-35-27(33)25-23(31(40)43-8-2)17(5)45-29(25)37-21/h9-12,15H,7-8,13-14H2,1-6H3,(H2,32,34,36)(H2,33,35,37). The molecule has 0 aliphatic carbocycles. The normalized spacial score (nSPS) is 12.2. The first-order chi connectivity index (χ1) is 21.6. The number of carbonyl (C=O) groups excluding carboxylic acids is 2. The highest BCUT2D eigenvalue weighted by atomic mass is 16.5. The van der Waals surface area contributed by atoms with Crippen molar-refractivity contribution in [3.05, 3.63) is 64.1 Å². The molecule has 14 nitrogen and oxygen atoms in total. The van der Waals surface area contributed by atoms with Crippen LogP contribution in [0.1, 0.15) is 76.3 Å². The van der Waals surface area contributed by atoms with E-state index in [4.69, 9.17) is 34.5 Å². The molecule has 4 aromatic heterocycles. The maximum Gasteiger partial charge on any atom is 0.342 e. The van der Waals surface area contributed by atoms with Crippen molar-refractivity contribution >= 4 is 45.8 Å². The van der Waals surface area contributed by atoms with Crippen LogP contribution in [-0.2, 0) is 22.6 Å². The highest BCUT2D eigenvalue weighted by Gasteiger charge is 2.28. The minimum absolute atomic E-state index is 0.0827. The van der Waals surface area contributed by atoms with E-state index in [0.29, 0.717) is 39.7 Å². The minimum Gasteiger partial charge on any atom is -0.496 e. The molecule has 14 heteroatoms. The van der Waals surface area contributed by atoms with Gasteiger partial charge in [-0.25, -0.2) is 19.6 Å². The lowest BCUT2D eigenvalue weighted by Gasteiger charge is -2.29. The van der Waals surface area contributed by atoms with E-state index in [1.54, 1.807) is 34.8 Å². The zero-order valence-electron chi connectivity index (χ0n) is 26.0. The van der Waals surface area contributed by atoms with Gasteiger partial charge in [-0.2, -0.15) is 9.97 Å². The number of aromatic nitrogens is 4. The fourth-order valence-corrected chi connectivity index (χ4v) is 5.31. The number of nitrogen functional groups attached to an aromatic ring is 2. The lowest BCUT2D eigenvalue weighted by molar-refractivity contribution is 0.0516. The molecule has 0 aliphatic heterocycles. The molecule has 0 saturated heterocycles. The van der Waals surface area contributed by atoms with Crippen LogP contribution in [0.15, 0.2) is 33.1 Å². The summed E-state index contributed by atoms with van der Waals surface area (Å²) < 4.78 is 27.6. The molecule has 1 atom stereocenters. The first-order valence-corrected chi connectivity index (χ1v) is 14.4. The number of hydrogen-bond acceptors (Lipinski definition) is 14. The monoisotopic (exact) mass is 617 g/mol. The summed E-state index contributed by atoms with van der Waals surface area (Å²) in [7, 11) is 1.60. The summed E-state index contributed by atoms with van der Waals surface area (Å²) in [6, 6.07) is 7.35. The molecule has 0 aliphatic rings. The molecule has 5 aromatic rings. The summed E-state index contributed by atoms with van der Waals surface area (Å²) in [4.78, 5) is 45.5. The Balaban J connectivity index is 1.56. The van der Waals surface area contributed by atoms with Gasteiger partial charge in [0.15, 0.2) is 0 Å². The Hall–Kier alpha value is -5.24. The number of nitrogens with zero attached hydrogens (tertiary/aromatic N) is 5. The number of furan rings is 2. The first-order valence-electron chi connectivity index (χ1n) is 14.4. The predicted molar refractivity (Wildman–Crippen MR) is 164 cm³/mol. The van der Waals surface area contributed by atoms with Crippen molar-refractivity contribution < 1.29 is 32.6 Å². The third kappa shape index (κ3) is 5.96. The lowest BCUT2D eigenvalue weighted by atomic mass is 10.1. The van der Waals surface area contributed by atoms with Crippen molar-refractivity contribution in [3.8, 4) is 5.75 Å². The predicted octanol–water partition coefficient (Wildman–Crippen LogP) is 4.67. The fourth-order valence-electron chi connectivity index (χ4n) is 5.31. The molecule has 0 bridgehead atoms. The molecule has 1 aromatic carbocycles. The van der Waals surface area contributed by atoms with Gasteiger partial charge >= 0.3 is 11.9 Å². The molecule has 45 heavy (non-hydrogen) atoms. The molecule has 0 amide bonds. The maximum absolute atomic E-state index is 12.6. The third-order valence-electron chi connectivity index (χ3n) is 7.39. The van der Waals surface area contributed by atoms with Gasteiger partial charge in [-0.3, -0.25) is 4.90 Å². The van der Waals surface area contributed by atoms with Gasteiger partial charge in [0.1, 0.15) is 51.7 Å². The van der Waals surface area contributed by atoms with Crippen molar-refractivity contribution in [2.75, 3.05) is 31.8 Å². The van der Waals surface area contributed by atoms with Crippen LogP contribution in [-0.4, -0.2) is 57.1 Å². The van der Waals surface area contributed by atoms with Gasteiger partial charge < -0.3 is 34.5 Å². The van der Waals surface area contributed by atoms with Gasteiger partial charge in [0.05, 0.1) is 44.2 Å². The first kappa shape index (κ1) is 31.2. The van der Waals surface area contributed by atoms with E-state index in [2.05, 4.69) is 19.9 Å². The van der Waals surface area contributed by atoms with Gasteiger partial charge in [0.2, 0.25) is 11.4 Å². The van der Waals surface area contributed by atoms with Crippen LogP contribution in [0.4, 0.5) is 11.6 Å². The summed E-state index contributed by atoms with van der Waals surface area (Å²) in [5, 5.41) is 0.595. The molecule has 0 spiro atoms. The van der Waals surface area contributed by atoms with Crippen LogP contribution < -0.4 is 16.2 Å². The Kier molecular flexibility index (Phi) is 8.86. The van der Waals surface area contributed by atoms with E-state index in [0.717, 1.165) is 5.56 Å². The van der Waals surface area contributed by atoms with Crippen molar-refractivity contribution in [3.63, 3.8) is 0 Å². The van der Waals surface area contributed by atoms with E-state index in [1.807, 2.05) is 36.1 Å². The number of fused-ring (bicyclic) bond motifs is 2. The Morgan fingerprint density at radius 1 is 0.822 bits per heavy atom. The second kappa shape index (κ2) is 12.8. The smallest absolute Gasteiger partial charge is 0.342 e. The number of hydrogen-bond donors (Lipinski definition) is 2. The Morgan fingerprint density at radius 2 is 1.29 bits per heavy atom. The number of esters is 2. The third-order valence-corrected chi connectivity index (χ3v) is 7.39. The number of methoxy groups -OCH3 is 1. The molecule has 5 rings (SSSR count). The largest absolute Gasteiger partial charge is 0.496 e. The van der Waals surface area contributed by atoms with E-state index in [-0.39, 0.29) is 66.5 Å². The van der Waals surface area contributed by atoms with Gasteiger partial charge in [-0.1, -0.05) is 18.2 Å². The van der Waals surface area contributed by atoms with Crippen molar-refractivity contribution in [1.82, 2.24) is 24.8 Å². The van der Waals surface area contributed by atoms with Gasteiger partial charge in [0.25, 0.3) is 0 Å². The SMILES string of the molecule is CCOC(=O)c1c(C)oc2nc(CN(Cc3nc(N)c4c(C(=O)OCC)c(C)oc4n3)C(C)c3ccccc3OC)nc(N)c12. The van der Waals surface area contributed by atoms with Crippen LogP contribution in [0.5, 0.6) is 5.75 Å². The molecule has 0 fully saturated rings. The summed E-state index contributed by atoms with van der Waals surface area (Å²) in [6.45, 7) is 9.43. The second-order valence-electron chi connectivity index (χ2n) is 10.2. The second-order valence-corrected chi connectivity index (χ2v) is 10.2. The number of para-hydroxylation sites is 1. The molecule has 4 heterocycles. The number of aryl methyl sites for hydroxylation is 2. The van der Waals surface area contributed by atoms with Gasteiger partial charge in [0, 0.05) is 11.6 Å². The number of ether oxygens (including phenoxy) is 3. The summed E-state index contributed by atoms with van der Waals surface area (Å²) in [6.07, 6.45) is 0. The number of benzene rings is 1. The highest BCUT2D eigenvalue weighted by molar-refractivity contribution is 6.08. The quantitative estimate of drug-likeness (QED) is 0.194. The number of carbonyl (C=O) groups is 2. The minimum atomic E-state index is -0.562. The Labute approximate surface area is 258 Å². The highest BCUT2D eigenvalue weighted by Crippen LogP contribution is 2.34. The average molecular weight is 618 g/mol.